The van der Waals surface area contributed by atoms with Crippen LogP contribution in [0.3, 0.4) is 0 Å². The highest BCUT2D eigenvalue weighted by Gasteiger charge is 2.07. The highest BCUT2D eigenvalue weighted by atomic mass is 19.1. The number of nitrogens with two attached hydrogens (primary N) is 1. The summed E-state index contributed by atoms with van der Waals surface area (Å²) in [6.07, 6.45) is 1.51. The first-order valence-electron chi connectivity index (χ1n) is 6.83. The summed E-state index contributed by atoms with van der Waals surface area (Å²) in [5, 5.41) is 0. The number of para-hydroxylation sites is 1. The second kappa shape index (κ2) is 7.06. The largest absolute Gasteiger partial charge is 0.494 e. The van der Waals surface area contributed by atoms with E-state index in [1.165, 1.54) is 6.07 Å². The molecular weight excluding hydrogens is 253 g/mol. The van der Waals surface area contributed by atoms with E-state index in [2.05, 4.69) is 0 Å². The number of hydrogen-bond donors (Lipinski definition) is 1. The van der Waals surface area contributed by atoms with Gasteiger partial charge in [-0.1, -0.05) is 24.3 Å². The molecule has 0 saturated heterocycles. The second-order valence-electron chi connectivity index (χ2n) is 4.99. The summed E-state index contributed by atoms with van der Waals surface area (Å²) in [4.78, 5) is 0. The van der Waals surface area contributed by atoms with Crippen LogP contribution in [0.4, 0.5) is 4.39 Å². The van der Waals surface area contributed by atoms with Crippen molar-refractivity contribution in [3.8, 4) is 5.75 Å². The van der Waals surface area contributed by atoms with E-state index in [1.54, 1.807) is 6.07 Å². The maximum atomic E-state index is 13.0. The molecule has 0 heterocycles. The van der Waals surface area contributed by atoms with Crippen LogP contribution in [0.5, 0.6) is 5.75 Å². The molecule has 0 radical (unpaired) electrons. The lowest BCUT2D eigenvalue weighted by Gasteiger charge is -2.14. The van der Waals surface area contributed by atoms with E-state index < -0.39 is 0 Å². The molecule has 0 aromatic heterocycles. The molecule has 2 aromatic rings. The zero-order valence-corrected chi connectivity index (χ0v) is 11.7. The van der Waals surface area contributed by atoms with Crippen molar-refractivity contribution < 1.29 is 9.13 Å². The van der Waals surface area contributed by atoms with Gasteiger partial charge in [-0.3, -0.25) is 0 Å². The van der Waals surface area contributed by atoms with Crippen LogP contribution in [0.15, 0.2) is 48.5 Å². The van der Waals surface area contributed by atoms with Gasteiger partial charge >= 0.3 is 0 Å². The van der Waals surface area contributed by atoms with E-state index in [9.17, 15) is 4.39 Å². The third-order valence-corrected chi connectivity index (χ3v) is 3.29. The fourth-order valence-corrected chi connectivity index (χ4v) is 2.12. The lowest BCUT2D eigenvalue weighted by Crippen LogP contribution is -2.25. The Bertz CT molecular complexity index is 542. The maximum Gasteiger partial charge on any atom is 0.123 e. The molecular formula is C17H20FNO. The van der Waals surface area contributed by atoms with Gasteiger partial charge in [-0.05, 0) is 55.2 Å². The molecule has 3 heteroatoms. The Morgan fingerprint density at radius 2 is 1.90 bits per heavy atom. The monoisotopic (exact) mass is 273 g/mol. The van der Waals surface area contributed by atoms with E-state index in [0.717, 1.165) is 29.7 Å². The van der Waals surface area contributed by atoms with Crippen molar-refractivity contribution in [3.63, 3.8) is 0 Å². The van der Waals surface area contributed by atoms with E-state index in [0.29, 0.717) is 6.61 Å². The molecule has 0 saturated carbocycles. The predicted molar refractivity (Wildman–Crippen MR) is 79.4 cm³/mol. The summed E-state index contributed by atoms with van der Waals surface area (Å²) in [5.41, 5.74) is 8.15. The highest BCUT2D eigenvalue weighted by Crippen LogP contribution is 2.13. The van der Waals surface area contributed by atoms with Crippen LogP contribution in [0.25, 0.3) is 0 Å². The van der Waals surface area contributed by atoms with Gasteiger partial charge in [-0.25, -0.2) is 4.39 Å². The quantitative estimate of drug-likeness (QED) is 0.874. The fourth-order valence-electron chi connectivity index (χ4n) is 2.12. The topological polar surface area (TPSA) is 35.2 Å². The fraction of sp³-hybridized carbons (Fsp3) is 0.294. The molecule has 0 aliphatic rings. The molecule has 2 aromatic carbocycles. The number of halogens is 1. The van der Waals surface area contributed by atoms with Crippen molar-refractivity contribution in [2.75, 3.05) is 6.61 Å². The molecule has 1 unspecified atom stereocenters. The molecule has 106 valence electrons. The zero-order chi connectivity index (χ0) is 14.4. The van der Waals surface area contributed by atoms with Gasteiger partial charge in [0.2, 0.25) is 0 Å². The van der Waals surface area contributed by atoms with E-state index in [1.807, 2.05) is 43.3 Å². The van der Waals surface area contributed by atoms with E-state index >= 15 is 0 Å². The predicted octanol–water partition coefficient (Wildman–Crippen LogP) is 3.47. The highest BCUT2D eigenvalue weighted by molar-refractivity contribution is 5.27. The molecule has 20 heavy (non-hydrogen) atoms. The van der Waals surface area contributed by atoms with Crippen LogP contribution in [-0.2, 0) is 6.42 Å². The summed E-state index contributed by atoms with van der Waals surface area (Å²) < 4.78 is 18.6. The van der Waals surface area contributed by atoms with Gasteiger partial charge in [-0.15, -0.1) is 0 Å². The Kier molecular flexibility index (Phi) is 5.13. The van der Waals surface area contributed by atoms with Crippen LogP contribution in [0.2, 0.25) is 0 Å². The van der Waals surface area contributed by atoms with Gasteiger partial charge in [-0.2, -0.15) is 0 Å². The van der Waals surface area contributed by atoms with Gasteiger partial charge in [0.1, 0.15) is 11.6 Å². The molecule has 2 N–H and O–H groups in total. The van der Waals surface area contributed by atoms with Gasteiger partial charge in [0.05, 0.1) is 6.61 Å². The Hall–Kier alpha value is -1.87. The van der Waals surface area contributed by atoms with Crippen molar-refractivity contribution >= 4 is 0 Å². The summed E-state index contributed by atoms with van der Waals surface area (Å²) in [5.74, 6) is 0.657. The lowest BCUT2D eigenvalue weighted by atomic mass is 10.00. The van der Waals surface area contributed by atoms with Crippen LogP contribution in [0, 0.1) is 12.7 Å². The maximum absolute atomic E-state index is 13.0. The van der Waals surface area contributed by atoms with Crippen LogP contribution in [0.1, 0.15) is 17.5 Å². The number of ether oxygens (including phenoxy) is 1. The van der Waals surface area contributed by atoms with Gasteiger partial charge in [0.15, 0.2) is 0 Å². The van der Waals surface area contributed by atoms with Crippen molar-refractivity contribution in [1.82, 2.24) is 0 Å². The lowest BCUT2D eigenvalue weighted by molar-refractivity contribution is 0.297. The number of aryl methyl sites for hydroxylation is 1. The molecule has 2 rings (SSSR count). The molecule has 0 aliphatic carbocycles. The summed E-state index contributed by atoms with van der Waals surface area (Å²) in [6.45, 7) is 2.50. The summed E-state index contributed by atoms with van der Waals surface area (Å²) >= 11 is 0. The molecule has 0 aliphatic heterocycles. The summed E-state index contributed by atoms with van der Waals surface area (Å²) in [7, 11) is 0. The van der Waals surface area contributed by atoms with Crippen molar-refractivity contribution in [3.05, 3.63) is 65.5 Å². The van der Waals surface area contributed by atoms with Crippen LogP contribution >= 0.6 is 0 Å². The Morgan fingerprint density at radius 1 is 1.15 bits per heavy atom. The van der Waals surface area contributed by atoms with Crippen molar-refractivity contribution in [1.29, 1.82) is 0 Å². The Morgan fingerprint density at radius 3 is 2.60 bits per heavy atom. The standard InChI is InChI=1S/C17H20FNO/c1-13-11-15(18)8-7-14(13)12-16(19)9-10-20-17-5-3-2-4-6-17/h2-8,11,16H,9-10,12,19H2,1H3. The first kappa shape index (κ1) is 14.5. The van der Waals surface area contributed by atoms with E-state index in [-0.39, 0.29) is 11.9 Å². The second-order valence-corrected chi connectivity index (χ2v) is 4.99. The van der Waals surface area contributed by atoms with Crippen LogP contribution < -0.4 is 10.5 Å². The van der Waals surface area contributed by atoms with Crippen molar-refractivity contribution in [2.45, 2.75) is 25.8 Å². The van der Waals surface area contributed by atoms with Crippen molar-refractivity contribution in [2.24, 2.45) is 5.73 Å². The molecule has 2 nitrogen and oxygen atoms in total. The minimum Gasteiger partial charge on any atom is -0.494 e. The third kappa shape index (κ3) is 4.35. The Labute approximate surface area is 119 Å². The van der Waals surface area contributed by atoms with Crippen LogP contribution in [-0.4, -0.2) is 12.6 Å². The SMILES string of the molecule is Cc1cc(F)ccc1CC(N)CCOc1ccccc1. The molecule has 0 spiro atoms. The van der Waals surface area contributed by atoms with Gasteiger partial charge in [0.25, 0.3) is 0 Å². The smallest absolute Gasteiger partial charge is 0.123 e. The minimum atomic E-state index is -0.202. The molecule has 1 atom stereocenters. The number of benzene rings is 2. The first-order valence-corrected chi connectivity index (χ1v) is 6.83. The number of rotatable bonds is 6. The first-order chi connectivity index (χ1) is 9.65. The summed E-state index contributed by atoms with van der Waals surface area (Å²) in [6, 6.07) is 14.5. The Balaban J connectivity index is 1.79. The van der Waals surface area contributed by atoms with Gasteiger partial charge < -0.3 is 10.5 Å². The molecule has 0 bridgehead atoms. The number of hydrogen-bond acceptors (Lipinski definition) is 2. The average Bonchev–Trinajstić information content (AvgIpc) is 2.43. The normalized spacial score (nSPS) is 12.2. The average molecular weight is 273 g/mol. The van der Waals surface area contributed by atoms with E-state index in [4.69, 9.17) is 10.5 Å². The van der Waals surface area contributed by atoms with Gasteiger partial charge in [0, 0.05) is 6.04 Å². The third-order valence-electron chi connectivity index (χ3n) is 3.29. The molecule has 0 amide bonds. The minimum absolute atomic E-state index is 0.0165. The zero-order valence-electron chi connectivity index (χ0n) is 11.7. The molecule has 0 fully saturated rings.